The molecule has 0 saturated carbocycles. The zero-order chi connectivity index (χ0) is 19.1. The number of likely N-dealkylation sites (N-methyl/N-ethyl adjacent to an activating group) is 1. The third kappa shape index (κ3) is 4.89. The van der Waals surface area contributed by atoms with E-state index in [4.69, 9.17) is 14.2 Å². The summed E-state index contributed by atoms with van der Waals surface area (Å²) in [4.78, 5) is 13.9. The second kappa shape index (κ2) is 9.10. The fraction of sp³-hybridized carbons (Fsp3) is 0.350. The second-order valence-electron chi connectivity index (χ2n) is 5.93. The summed E-state index contributed by atoms with van der Waals surface area (Å²) in [5, 5.41) is 10.5. The molecule has 1 unspecified atom stereocenters. The maximum Gasteiger partial charge on any atom is 0.226 e. The molecule has 6 heteroatoms. The summed E-state index contributed by atoms with van der Waals surface area (Å²) in [6, 6.07) is 12.6. The van der Waals surface area contributed by atoms with Crippen LogP contribution < -0.4 is 14.2 Å². The Bertz CT molecular complexity index is 729. The van der Waals surface area contributed by atoms with Crippen LogP contribution in [0.3, 0.4) is 0 Å². The number of methoxy groups -OCH3 is 3. The first-order valence-corrected chi connectivity index (χ1v) is 8.25. The molecule has 0 radical (unpaired) electrons. The van der Waals surface area contributed by atoms with E-state index in [1.54, 1.807) is 46.6 Å². The molecule has 0 spiro atoms. The Morgan fingerprint density at radius 2 is 1.65 bits per heavy atom. The number of rotatable bonds is 8. The summed E-state index contributed by atoms with van der Waals surface area (Å²) in [6.07, 6.45) is -0.557. The van der Waals surface area contributed by atoms with Gasteiger partial charge in [-0.3, -0.25) is 4.79 Å². The molecule has 1 N–H and O–H groups in total. The lowest BCUT2D eigenvalue weighted by Crippen LogP contribution is -2.32. The predicted molar refractivity (Wildman–Crippen MR) is 98.8 cm³/mol. The highest BCUT2D eigenvalue weighted by Crippen LogP contribution is 2.30. The van der Waals surface area contributed by atoms with Crippen molar-refractivity contribution in [2.45, 2.75) is 12.5 Å². The van der Waals surface area contributed by atoms with Gasteiger partial charge < -0.3 is 24.2 Å². The van der Waals surface area contributed by atoms with Gasteiger partial charge in [-0.1, -0.05) is 18.2 Å². The molecule has 1 amide bonds. The summed E-state index contributed by atoms with van der Waals surface area (Å²) >= 11 is 0. The lowest BCUT2D eigenvalue weighted by Gasteiger charge is -2.22. The largest absolute Gasteiger partial charge is 0.497 e. The summed E-state index contributed by atoms with van der Waals surface area (Å²) < 4.78 is 15.6. The highest BCUT2D eigenvalue weighted by atomic mass is 16.5. The normalized spacial score (nSPS) is 11.6. The first-order chi connectivity index (χ1) is 12.5. The van der Waals surface area contributed by atoms with E-state index in [1.165, 1.54) is 4.90 Å². The van der Waals surface area contributed by atoms with E-state index in [2.05, 4.69) is 0 Å². The van der Waals surface area contributed by atoms with E-state index in [0.29, 0.717) is 17.1 Å². The number of carbonyl (C=O) groups is 1. The van der Waals surface area contributed by atoms with Gasteiger partial charge in [0.2, 0.25) is 5.91 Å². The topological polar surface area (TPSA) is 68.2 Å². The van der Waals surface area contributed by atoms with Crippen molar-refractivity contribution in [2.75, 3.05) is 34.9 Å². The average molecular weight is 359 g/mol. The maximum atomic E-state index is 12.4. The summed E-state index contributed by atoms with van der Waals surface area (Å²) in [7, 11) is 6.37. The van der Waals surface area contributed by atoms with Gasteiger partial charge in [-0.2, -0.15) is 0 Å². The van der Waals surface area contributed by atoms with Crippen molar-refractivity contribution < 1.29 is 24.1 Å². The van der Waals surface area contributed by atoms with Crippen LogP contribution in [0.15, 0.2) is 42.5 Å². The minimum absolute atomic E-state index is 0.0744. The van der Waals surface area contributed by atoms with Gasteiger partial charge >= 0.3 is 0 Å². The SMILES string of the molecule is COc1ccc(CC(=O)N(C)CC(O)c2ccc(OC)c(OC)c2)cc1. The molecule has 0 heterocycles. The van der Waals surface area contributed by atoms with Gasteiger partial charge in [-0.05, 0) is 35.4 Å². The summed E-state index contributed by atoms with van der Waals surface area (Å²) in [5.41, 5.74) is 1.55. The standard InChI is InChI=1S/C20H25NO5/c1-21(20(23)11-14-5-8-16(24-2)9-6-14)13-17(22)15-7-10-18(25-3)19(12-15)26-4/h5-10,12,17,22H,11,13H2,1-4H3. The van der Waals surface area contributed by atoms with Gasteiger partial charge in [0.25, 0.3) is 0 Å². The van der Waals surface area contributed by atoms with Gasteiger partial charge in [0.15, 0.2) is 11.5 Å². The Balaban J connectivity index is 1.98. The maximum absolute atomic E-state index is 12.4. The number of ether oxygens (including phenoxy) is 3. The Morgan fingerprint density at radius 1 is 1.00 bits per heavy atom. The third-order valence-electron chi connectivity index (χ3n) is 4.18. The Hall–Kier alpha value is -2.73. The first kappa shape index (κ1) is 19.6. The molecule has 2 aromatic rings. The molecule has 1 atom stereocenters. The van der Waals surface area contributed by atoms with Gasteiger partial charge in [0, 0.05) is 7.05 Å². The molecule has 2 rings (SSSR count). The Kier molecular flexibility index (Phi) is 6.86. The first-order valence-electron chi connectivity index (χ1n) is 8.25. The van der Waals surface area contributed by atoms with Crippen molar-refractivity contribution in [3.63, 3.8) is 0 Å². The lowest BCUT2D eigenvalue weighted by atomic mass is 10.1. The smallest absolute Gasteiger partial charge is 0.226 e. The molecule has 0 bridgehead atoms. The van der Waals surface area contributed by atoms with E-state index < -0.39 is 6.10 Å². The number of nitrogens with zero attached hydrogens (tertiary/aromatic N) is 1. The van der Waals surface area contributed by atoms with Crippen LogP contribution in [0.4, 0.5) is 0 Å². The number of benzene rings is 2. The number of aliphatic hydroxyl groups excluding tert-OH is 1. The highest BCUT2D eigenvalue weighted by Gasteiger charge is 2.17. The highest BCUT2D eigenvalue weighted by molar-refractivity contribution is 5.78. The Labute approximate surface area is 153 Å². The molecular formula is C20H25NO5. The zero-order valence-corrected chi connectivity index (χ0v) is 15.6. The van der Waals surface area contributed by atoms with Crippen LogP contribution in [0.5, 0.6) is 17.2 Å². The van der Waals surface area contributed by atoms with Crippen molar-refractivity contribution in [3.8, 4) is 17.2 Å². The number of aliphatic hydroxyl groups is 1. The summed E-state index contributed by atoms with van der Waals surface area (Å²) in [5.74, 6) is 1.80. The van der Waals surface area contributed by atoms with E-state index in [9.17, 15) is 9.90 Å². The minimum Gasteiger partial charge on any atom is -0.497 e. The van der Waals surface area contributed by atoms with Crippen LogP contribution in [-0.2, 0) is 11.2 Å². The van der Waals surface area contributed by atoms with Crippen LogP contribution in [0.2, 0.25) is 0 Å². The quantitative estimate of drug-likeness (QED) is 0.784. The lowest BCUT2D eigenvalue weighted by molar-refractivity contribution is -0.130. The molecule has 6 nitrogen and oxygen atoms in total. The van der Waals surface area contributed by atoms with E-state index in [-0.39, 0.29) is 18.9 Å². The second-order valence-corrected chi connectivity index (χ2v) is 5.93. The fourth-order valence-corrected chi connectivity index (χ4v) is 2.58. The summed E-state index contributed by atoms with van der Waals surface area (Å²) in [6.45, 7) is 0.185. The van der Waals surface area contributed by atoms with Gasteiger partial charge in [0.05, 0.1) is 40.4 Å². The van der Waals surface area contributed by atoms with Crippen molar-refractivity contribution in [1.82, 2.24) is 4.90 Å². The minimum atomic E-state index is -0.820. The van der Waals surface area contributed by atoms with E-state index in [1.807, 2.05) is 24.3 Å². The van der Waals surface area contributed by atoms with E-state index >= 15 is 0 Å². The van der Waals surface area contributed by atoms with Crippen LogP contribution in [-0.4, -0.2) is 50.8 Å². The van der Waals surface area contributed by atoms with Crippen LogP contribution in [0, 0.1) is 0 Å². The molecule has 2 aromatic carbocycles. The molecular weight excluding hydrogens is 334 g/mol. The molecule has 0 fully saturated rings. The third-order valence-corrected chi connectivity index (χ3v) is 4.18. The van der Waals surface area contributed by atoms with Gasteiger partial charge in [-0.15, -0.1) is 0 Å². The molecule has 0 aliphatic heterocycles. The van der Waals surface area contributed by atoms with E-state index in [0.717, 1.165) is 11.3 Å². The number of hydrogen-bond acceptors (Lipinski definition) is 5. The van der Waals surface area contributed by atoms with Crippen molar-refractivity contribution in [1.29, 1.82) is 0 Å². The van der Waals surface area contributed by atoms with Crippen LogP contribution >= 0.6 is 0 Å². The van der Waals surface area contributed by atoms with Crippen molar-refractivity contribution >= 4 is 5.91 Å². The van der Waals surface area contributed by atoms with Crippen LogP contribution in [0.1, 0.15) is 17.2 Å². The monoisotopic (exact) mass is 359 g/mol. The molecule has 140 valence electrons. The molecule has 26 heavy (non-hydrogen) atoms. The molecule has 0 saturated heterocycles. The van der Waals surface area contributed by atoms with Gasteiger partial charge in [-0.25, -0.2) is 0 Å². The van der Waals surface area contributed by atoms with Crippen LogP contribution in [0.25, 0.3) is 0 Å². The fourth-order valence-electron chi connectivity index (χ4n) is 2.58. The predicted octanol–water partition coefficient (Wildman–Crippen LogP) is 2.45. The molecule has 0 aliphatic carbocycles. The molecule has 0 aliphatic rings. The number of hydrogen-bond donors (Lipinski definition) is 1. The average Bonchev–Trinajstić information content (AvgIpc) is 2.67. The Morgan fingerprint density at radius 3 is 2.23 bits per heavy atom. The van der Waals surface area contributed by atoms with Crippen molar-refractivity contribution in [2.24, 2.45) is 0 Å². The zero-order valence-electron chi connectivity index (χ0n) is 15.6. The van der Waals surface area contributed by atoms with Crippen molar-refractivity contribution in [3.05, 3.63) is 53.6 Å². The number of carbonyl (C=O) groups excluding carboxylic acids is 1. The molecule has 0 aromatic heterocycles. The number of amides is 1. The van der Waals surface area contributed by atoms with Gasteiger partial charge in [0.1, 0.15) is 5.75 Å².